The first-order valence-electron chi connectivity index (χ1n) is 8.30. The van der Waals surface area contributed by atoms with Gasteiger partial charge in [0.05, 0.1) is 0 Å². The summed E-state index contributed by atoms with van der Waals surface area (Å²) in [5.41, 5.74) is 0. The minimum absolute atomic E-state index is 0.203. The van der Waals surface area contributed by atoms with Gasteiger partial charge in [0, 0.05) is 12.8 Å². The Labute approximate surface area is 129 Å². The Morgan fingerprint density at radius 1 is 0.667 bits per heavy atom. The van der Waals surface area contributed by atoms with Gasteiger partial charge in [-0.2, -0.15) is 0 Å². The van der Waals surface area contributed by atoms with E-state index in [1.165, 1.54) is 0 Å². The molecule has 0 heterocycles. The third-order valence-corrected chi connectivity index (χ3v) is 3.70. The maximum Gasteiger partial charge on any atom is 0.189 e. The van der Waals surface area contributed by atoms with Crippen LogP contribution < -0.4 is 0 Å². The van der Waals surface area contributed by atoms with Crippen LogP contribution in [0.2, 0.25) is 0 Å². The topological polar surface area (TPSA) is 90.2 Å². The second-order valence-electron chi connectivity index (χ2n) is 5.95. The van der Waals surface area contributed by atoms with Crippen molar-refractivity contribution in [1.29, 1.82) is 0 Å². The van der Waals surface area contributed by atoms with Gasteiger partial charge < -0.3 is 25.2 Å². The Bertz CT molecular complexity index is 239. The van der Waals surface area contributed by atoms with Crippen LogP contribution in [0.25, 0.3) is 0 Å². The summed E-state index contributed by atoms with van der Waals surface area (Å²) < 4.78 is 5.77. The zero-order chi connectivity index (χ0) is 16.5. The molecule has 0 saturated carbocycles. The van der Waals surface area contributed by atoms with Crippen LogP contribution in [0.15, 0.2) is 0 Å². The van der Waals surface area contributed by atoms with Gasteiger partial charge in [0.2, 0.25) is 0 Å². The SMILES string of the molecule is CCCC(OC(CCC)C(O)(O)CCC)C(O)(O)CCC. The molecular formula is C16H34O5. The predicted octanol–water partition coefficient (Wildman–Crippen LogP) is 2.30. The van der Waals surface area contributed by atoms with Crippen molar-refractivity contribution in [2.45, 2.75) is 103 Å². The minimum atomic E-state index is -1.93. The molecule has 0 aliphatic rings. The lowest BCUT2D eigenvalue weighted by Crippen LogP contribution is -2.51. The number of hydrogen-bond donors (Lipinski definition) is 4. The average Bonchev–Trinajstić information content (AvgIpc) is 2.37. The summed E-state index contributed by atoms with van der Waals surface area (Å²) in [6, 6.07) is 0. The van der Waals surface area contributed by atoms with E-state index in [1.54, 1.807) is 0 Å². The first-order valence-corrected chi connectivity index (χ1v) is 8.30. The lowest BCUT2D eigenvalue weighted by atomic mass is 9.97. The molecule has 21 heavy (non-hydrogen) atoms. The largest absolute Gasteiger partial charge is 0.364 e. The fraction of sp³-hybridized carbons (Fsp3) is 1.00. The quantitative estimate of drug-likeness (QED) is 0.415. The molecule has 2 atom stereocenters. The molecular weight excluding hydrogens is 272 g/mol. The molecule has 0 amide bonds. The molecule has 0 aliphatic carbocycles. The third kappa shape index (κ3) is 7.06. The Balaban J connectivity index is 5.05. The number of hydrogen-bond acceptors (Lipinski definition) is 5. The fourth-order valence-electron chi connectivity index (χ4n) is 2.60. The van der Waals surface area contributed by atoms with Crippen molar-refractivity contribution in [3.05, 3.63) is 0 Å². The highest BCUT2D eigenvalue weighted by molar-refractivity contribution is 4.82. The summed E-state index contributed by atoms with van der Waals surface area (Å²) in [5, 5.41) is 40.7. The summed E-state index contributed by atoms with van der Waals surface area (Å²) in [6.07, 6.45) is 2.42. The van der Waals surface area contributed by atoms with Gasteiger partial charge in [-0.05, 0) is 12.8 Å². The van der Waals surface area contributed by atoms with Crippen LogP contribution in [0, 0.1) is 0 Å². The summed E-state index contributed by atoms with van der Waals surface area (Å²) in [4.78, 5) is 0. The first kappa shape index (κ1) is 20.8. The molecule has 0 saturated heterocycles. The highest BCUT2D eigenvalue weighted by Crippen LogP contribution is 2.28. The molecule has 0 rings (SSSR count). The standard InChI is InChI=1S/C16H34O5/c1-5-9-13(15(17,18)11-7-3)21-14(10-6-2)16(19,20)12-8-4/h13-14,17-20H,5-12H2,1-4H3. The normalized spacial score (nSPS) is 16.0. The third-order valence-electron chi connectivity index (χ3n) is 3.70. The Morgan fingerprint density at radius 2 is 1.00 bits per heavy atom. The lowest BCUT2D eigenvalue weighted by Gasteiger charge is -2.38. The second-order valence-corrected chi connectivity index (χ2v) is 5.95. The molecule has 0 bridgehead atoms. The maximum absolute atomic E-state index is 10.2. The predicted molar refractivity (Wildman–Crippen MR) is 82.6 cm³/mol. The molecule has 0 fully saturated rings. The van der Waals surface area contributed by atoms with Gasteiger partial charge in [0.25, 0.3) is 0 Å². The Kier molecular flexibility index (Phi) is 9.65. The molecule has 4 N–H and O–H groups in total. The van der Waals surface area contributed by atoms with Gasteiger partial charge in [-0.1, -0.05) is 53.4 Å². The molecule has 5 heteroatoms. The van der Waals surface area contributed by atoms with E-state index in [4.69, 9.17) is 4.74 Å². The zero-order valence-electron chi connectivity index (χ0n) is 14.0. The van der Waals surface area contributed by atoms with Gasteiger partial charge in [-0.25, -0.2) is 0 Å². The molecule has 0 spiro atoms. The van der Waals surface area contributed by atoms with E-state index in [0.29, 0.717) is 25.7 Å². The van der Waals surface area contributed by atoms with E-state index in [9.17, 15) is 20.4 Å². The fourth-order valence-corrected chi connectivity index (χ4v) is 2.60. The van der Waals surface area contributed by atoms with Gasteiger partial charge in [-0.3, -0.25) is 0 Å². The summed E-state index contributed by atoms with van der Waals surface area (Å²) >= 11 is 0. The van der Waals surface area contributed by atoms with E-state index in [2.05, 4.69) is 0 Å². The Morgan fingerprint density at radius 3 is 1.24 bits per heavy atom. The van der Waals surface area contributed by atoms with E-state index in [0.717, 1.165) is 12.8 Å². The van der Waals surface area contributed by atoms with Crippen molar-refractivity contribution >= 4 is 0 Å². The molecule has 0 aromatic carbocycles. The minimum Gasteiger partial charge on any atom is -0.364 e. The van der Waals surface area contributed by atoms with Crippen LogP contribution in [0.4, 0.5) is 0 Å². The maximum atomic E-state index is 10.2. The van der Waals surface area contributed by atoms with Crippen LogP contribution >= 0.6 is 0 Å². The van der Waals surface area contributed by atoms with Crippen LogP contribution in [-0.2, 0) is 4.74 Å². The van der Waals surface area contributed by atoms with Crippen molar-refractivity contribution in [2.24, 2.45) is 0 Å². The highest BCUT2D eigenvalue weighted by Gasteiger charge is 2.41. The molecule has 0 aliphatic heterocycles. The van der Waals surface area contributed by atoms with Crippen LogP contribution in [0.3, 0.4) is 0 Å². The zero-order valence-corrected chi connectivity index (χ0v) is 14.0. The second kappa shape index (κ2) is 9.74. The van der Waals surface area contributed by atoms with E-state index in [-0.39, 0.29) is 12.8 Å². The summed E-state index contributed by atoms with van der Waals surface area (Å²) in [5.74, 6) is -3.86. The van der Waals surface area contributed by atoms with Crippen molar-refractivity contribution in [3.63, 3.8) is 0 Å². The van der Waals surface area contributed by atoms with Gasteiger partial charge in [-0.15, -0.1) is 0 Å². The summed E-state index contributed by atoms with van der Waals surface area (Å²) in [7, 11) is 0. The average molecular weight is 306 g/mol. The molecule has 0 aromatic heterocycles. The van der Waals surface area contributed by atoms with Crippen molar-refractivity contribution in [3.8, 4) is 0 Å². The molecule has 128 valence electrons. The van der Waals surface area contributed by atoms with E-state index < -0.39 is 23.8 Å². The van der Waals surface area contributed by atoms with Crippen molar-refractivity contribution in [2.75, 3.05) is 0 Å². The smallest absolute Gasteiger partial charge is 0.189 e. The molecule has 5 nitrogen and oxygen atoms in total. The monoisotopic (exact) mass is 306 g/mol. The van der Waals surface area contributed by atoms with E-state index in [1.807, 2.05) is 27.7 Å². The van der Waals surface area contributed by atoms with Crippen LogP contribution in [0.1, 0.15) is 79.1 Å². The van der Waals surface area contributed by atoms with Gasteiger partial charge in [0.1, 0.15) is 12.2 Å². The number of rotatable bonds is 12. The first-order chi connectivity index (χ1) is 9.75. The number of ether oxygens (including phenoxy) is 1. The van der Waals surface area contributed by atoms with Crippen LogP contribution in [-0.4, -0.2) is 44.2 Å². The summed E-state index contributed by atoms with van der Waals surface area (Å²) in [6.45, 7) is 7.61. The van der Waals surface area contributed by atoms with Crippen molar-refractivity contribution < 1.29 is 25.2 Å². The number of aliphatic hydroxyl groups is 4. The van der Waals surface area contributed by atoms with Gasteiger partial charge in [0.15, 0.2) is 11.6 Å². The Hall–Kier alpha value is -0.200. The van der Waals surface area contributed by atoms with Crippen molar-refractivity contribution in [1.82, 2.24) is 0 Å². The highest BCUT2D eigenvalue weighted by atomic mass is 16.6. The lowest BCUT2D eigenvalue weighted by molar-refractivity contribution is -0.303. The molecule has 0 aromatic rings. The van der Waals surface area contributed by atoms with Gasteiger partial charge >= 0.3 is 0 Å². The molecule has 0 radical (unpaired) electrons. The van der Waals surface area contributed by atoms with E-state index >= 15 is 0 Å². The van der Waals surface area contributed by atoms with Crippen LogP contribution in [0.5, 0.6) is 0 Å². The molecule has 2 unspecified atom stereocenters.